The zero-order valence-electron chi connectivity index (χ0n) is 35.0. The molecular weight excluding hydrogens is 791 g/mol. The fourth-order valence-electron chi connectivity index (χ4n) is 9.67. The number of fused-ring (bicyclic) bond motifs is 6. The van der Waals surface area contributed by atoms with Crippen LogP contribution < -0.4 is 4.90 Å². The molecule has 64 heavy (non-hydrogen) atoms. The molecule has 0 aliphatic heterocycles. The van der Waals surface area contributed by atoms with Crippen LogP contribution in [0.15, 0.2) is 249 Å². The Bertz CT molecular complexity index is 3610. The first-order valence-corrected chi connectivity index (χ1v) is 22.7. The number of benzene rings is 11. The van der Waals surface area contributed by atoms with Crippen molar-refractivity contribution >= 4 is 70.1 Å². The van der Waals surface area contributed by atoms with E-state index < -0.39 is 0 Å². The van der Waals surface area contributed by atoms with Gasteiger partial charge < -0.3 is 4.90 Å². The topological polar surface area (TPSA) is 3.24 Å². The summed E-state index contributed by atoms with van der Waals surface area (Å²) in [5, 5.41) is 7.57. The van der Waals surface area contributed by atoms with Gasteiger partial charge in [-0.05, 0) is 114 Å². The zero-order valence-corrected chi connectivity index (χ0v) is 35.8. The molecule has 0 radical (unpaired) electrons. The number of rotatable bonds is 8. The van der Waals surface area contributed by atoms with E-state index in [0.29, 0.717) is 0 Å². The van der Waals surface area contributed by atoms with Gasteiger partial charge in [0.1, 0.15) is 0 Å². The van der Waals surface area contributed by atoms with E-state index in [1.54, 1.807) is 0 Å². The number of anilines is 3. The third kappa shape index (κ3) is 6.55. The van der Waals surface area contributed by atoms with Crippen molar-refractivity contribution < 1.29 is 0 Å². The van der Waals surface area contributed by atoms with Crippen LogP contribution in [0.3, 0.4) is 0 Å². The highest BCUT2D eigenvalue weighted by Crippen LogP contribution is 2.50. The van der Waals surface area contributed by atoms with Crippen molar-refractivity contribution in [3.05, 3.63) is 249 Å². The van der Waals surface area contributed by atoms with Gasteiger partial charge in [0, 0.05) is 32.4 Å². The van der Waals surface area contributed by atoms with Crippen LogP contribution in [0.25, 0.3) is 97.4 Å². The van der Waals surface area contributed by atoms with Crippen molar-refractivity contribution in [3.8, 4) is 55.6 Å². The maximum Gasteiger partial charge on any atom is 0.0640 e. The fourth-order valence-corrected chi connectivity index (χ4v) is 11.0. The van der Waals surface area contributed by atoms with Gasteiger partial charge >= 0.3 is 0 Å². The molecule has 0 saturated heterocycles. The minimum atomic E-state index is 1.10. The molecule has 0 aliphatic carbocycles. The molecule has 1 aromatic heterocycles. The summed E-state index contributed by atoms with van der Waals surface area (Å²) in [6.07, 6.45) is 0. The third-order valence-electron chi connectivity index (χ3n) is 12.7. The summed E-state index contributed by atoms with van der Waals surface area (Å²) in [6, 6.07) is 90.8. The van der Waals surface area contributed by atoms with Gasteiger partial charge in [0.15, 0.2) is 0 Å². The number of hydrogen-bond donors (Lipinski definition) is 0. The molecule has 2 heteroatoms. The van der Waals surface area contributed by atoms with Crippen molar-refractivity contribution in [1.29, 1.82) is 0 Å². The summed E-state index contributed by atoms with van der Waals surface area (Å²) >= 11 is 1.89. The molecule has 0 amide bonds. The highest BCUT2D eigenvalue weighted by atomic mass is 32.1. The lowest BCUT2D eigenvalue weighted by Crippen LogP contribution is -2.10. The standard InChI is InChI=1S/C62H41NS/c1-5-18-42(19-6-1)44-32-36-49(37-33-44)63(58-31-17-30-55-57-41-48(43-20-7-2-8-21-43)40-56(61(57)64-62(55)58)45-22-9-3-10-23-45)50-38-34-47(35-39-50)60-54-29-16-14-27-52(54)51-26-13-15-28-53(51)59(60)46-24-11-4-12-25-46/h1-41H. The van der Waals surface area contributed by atoms with E-state index in [9.17, 15) is 0 Å². The normalized spacial score (nSPS) is 11.4. The molecule has 1 nitrogen and oxygen atoms in total. The molecule has 1 heterocycles. The van der Waals surface area contributed by atoms with E-state index in [4.69, 9.17) is 0 Å². The van der Waals surface area contributed by atoms with Crippen molar-refractivity contribution in [1.82, 2.24) is 0 Å². The largest absolute Gasteiger partial charge is 0.309 e. The van der Waals surface area contributed by atoms with Gasteiger partial charge in [-0.3, -0.25) is 0 Å². The lowest BCUT2D eigenvalue weighted by Gasteiger charge is -2.27. The van der Waals surface area contributed by atoms with Crippen LogP contribution in [0.1, 0.15) is 0 Å². The Kier molecular flexibility index (Phi) is 9.43. The van der Waals surface area contributed by atoms with Crippen molar-refractivity contribution in [3.63, 3.8) is 0 Å². The van der Waals surface area contributed by atoms with Gasteiger partial charge in [-0.1, -0.05) is 206 Å². The first kappa shape index (κ1) is 37.7. The van der Waals surface area contributed by atoms with Crippen LogP contribution in [-0.2, 0) is 0 Å². The summed E-state index contributed by atoms with van der Waals surface area (Å²) in [5.74, 6) is 0. The number of thiophene rings is 1. The van der Waals surface area contributed by atoms with Gasteiger partial charge in [0.2, 0.25) is 0 Å². The van der Waals surface area contributed by atoms with Gasteiger partial charge in [0.25, 0.3) is 0 Å². The van der Waals surface area contributed by atoms with E-state index in [2.05, 4.69) is 254 Å². The zero-order chi connectivity index (χ0) is 42.4. The van der Waals surface area contributed by atoms with Crippen LogP contribution in [-0.4, -0.2) is 0 Å². The Labute approximate surface area is 377 Å². The Balaban J connectivity index is 1.07. The first-order valence-electron chi connectivity index (χ1n) is 21.9. The third-order valence-corrected chi connectivity index (χ3v) is 13.9. The molecule has 12 rings (SSSR count). The van der Waals surface area contributed by atoms with Crippen LogP contribution >= 0.6 is 11.3 Å². The molecule has 0 atom stereocenters. The maximum atomic E-state index is 2.45. The molecule has 0 aliphatic rings. The first-order chi connectivity index (χ1) is 31.8. The predicted octanol–water partition coefficient (Wildman–Crippen LogP) is 18.2. The Morgan fingerprint density at radius 2 is 0.656 bits per heavy atom. The molecule has 12 aromatic rings. The summed E-state index contributed by atoms with van der Waals surface area (Å²) in [6.45, 7) is 0. The molecule has 0 bridgehead atoms. The minimum Gasteiger partial charge on any atom is -0.309 e. The molecule has 0 fully saturated rings. The van der Waals surface area contributed by atoms with Gasteiger partial charge in [-0.25, -0.2) is 0 Å². The van der Waals surface area contributed by atoms with Crippen molar-refractivity contribution in [2.45, 2.75) is 0 Å². The van der Waals surface area contributed by atoms with Crippen LogP contribution in [0, 0.1) is 0 Å². The predicted molar refractivity (Wildman–Crippen MR) is 276 cm³/mol. The molecule has 0 unspecified atom stereocenters. The summed E-state index contributed by atoms with van der Waals surface area (Å²) < 4.78 is 2.54. The second-order valence-corrected chi connectivity index (χ2v) is 17.4. The maximum absolute atomic E-state index is 2.45. The lowest BCUT2D eigenvalue weighted by molar-refractivity contribution is 1.30. The minimum absolute atomic E-state index is 1.10. The average Bonchev–Trinajstić information content (AvgIpc) is 3.77. The van der Waals surface area contributed by atoms with Crippen molar-refractivity contribution in [2.24, 2.45) is 0 Å². The molecule has 300 valence electrons. The number of hydrogen-bond acceptors (Lipinski definition) is 2. The SMILES string of the molecule is c1ccc(-c2ccc(N(c3ccc(-c4c(-c5ccccc5)c5ccccc5c5ccccc45)cc3)c3cccc4c3sc3c(-c5ccccc5)cc(-c5ccccc5)cc34)cc2)cc1. The van der Waals surface area contributed by atoms with Crippen LogP contribution in [0.4, 0.5) is 17.1 Å². The highest BCUT2D eigenvalue weighted by Gasteiger charge is 2.22. The number of nitrogens with zero attached hydrogens (tertiary/aromatic N) is 1. The summed E-state index contributed by atoms with van der Waals surface area (Å²) in [4.78, 5) is 2.45. The second-order valence-electron chi connectivity index (χ2n) is 16.4. The van der Waals surface area contributed by atoms with Gasteiger partial charge in [-0.2, -0.15) is 0 Å². The van der Waals surface area contributed by atoms with E-state index in [0.717, 1.165) is 17.1 Å². The molecule has 11 aromatic carbocycles. The Morgan fingerprint density at radius 1 is 0.250 bits per heavy atom. The van der Waals surface area contributed by atoms with Crippen molar-refractivity contribution in [2.75, 3.05) is 4.90 Å². The Morgan fingerprint density at radius 3 is 1.20 bits per heavy atom. The van der Waals surface area contributed by atoms with Crippen LogP contribution in [0.5, 0.6) is 0 Å². The molecule has 0 N–H and O–H groups in total. The lowest BCUT2D eigenvalue weighted by atomic mass is 9.85. The Hall–Kier alpha value is -8.04. The van der Waals surface area contributed by atoms with Gasteiger partial charge in [-0.15, -0.1) is 11.3 Å². The smallest absolute Gasteiger partial charge is 0.0640 e. The van der Waals surface area contributed by atoms with E-state index in [-0.39, 0.29) is 0 Å². The quantitative estimate of drug-likeness (QED) is 0.138. The van der Waals surface area contributed by atoms with Gasteiger partial charge in [0.05, 0.1) is 10.4 Å². The molecular formula is C62H41NS. The monoisotopic (exact) mass is 831 g/mol. The van der Waals surface area contributed by atoms with E-state index in [1.807, 2.05) is 11.3 Å². The summed E-state index contributed by atoms with van der Waals surface area (Å²) in [7, 11) is 0. The second kappa shape index (κ2) is 16.0. The molecule has 0 spiro atoms. The fraction of sp³-hybridized carbons (Fsp3) is 0. The van der Waals surface area contributed by atoms with E-state index >= 15 is 0 Å². The average molecular weight is 832 g/mol. The van der Waals surface area contributed by atoms with Crippen LogP contribution in [0.2, 0.25) is 0 Å². The highest BCUT2D eigenvalue weighted by molar-refractivity contribution is 7.27. The molecule has 0 saturated carbocycles. The summed E-state index contributed by atoms with van der Waals surface area (Å²) in [5.41, 5.74) is 15.6. The van der Waals surface area contributed by atoms with E-state index in [1.165, 1.54) is 97.4 Å².